The zero-order chi connectivity index (χ0) is 30.3. The van der Waals surface area contributed by atoms with Crippen LogP contribution < -0.4 is 9.64 Å². The molecule has 1 atom stereocenters. The first-order valence-corrected chi connectivity index (χ1v) is 14.5. The molecular weight excluding hydrogens is 553 g/mol. The van der Waals surface area contributed by atoms with Crippen LogP contribution in [0.15, 0.2) is 40.5 Å². The number of carboxylic acid groups (broad SMARTS) is 1. The molecule has 1 aromatic heterocycles. The number of carbonyl (C=O) groups is 1. The predicted octanol–water partition coefficient (Wildman–Crippen LogP) is 5.39. The van der Waals surface area contributed by atoms with Crippen LogP contribution in [0.2, 0.25) is 0 Å². The third-order valence-electron chi connectivity index (χ3n) is 8.44. The molecular formula is C30H41F3N4O5. The van der Waals surface area contributed by atoms with E-state index in [2.05, 4.69) is 21.6 Å². The van der Waals surface area contributed by atoms with Crippen molar-refractivity contribution in [3.8, 4) is 5.88 Å². The standard InChI is InChI=1S/C30H41F3N4O5/c1-20-24(23(8-13-41-20)14-29(38)39)15-27(34-2)42-18-21-4-11-37(12-5-21)26-16-28(40-3)35-17-25(26)22-6-9-36(10-7-22)19-30(31,32)33/h15-17,21-23H,2,4-14,18-19H2,1,3H3,(H,38,39)/b27-15+. The van der Waals surface area contributed by atoms with Gasteiger partial charge in [-0.1, -0.05) is 0 Å². The van der Waals surface area contributed by atoms with Crippen LogP contribution in [0.1, 0.15) is 56.9 Å². The Bertz CT molecular complexity index is 1160. The summed E-state index contributed by atoms with van der Waals surface area (Å²) in [6, 6.07) is 1.94. The van der Waals surface area contributed by atoms with Crippen molar-refractivity contribution in [3.05, 3.63) is 41.1 Å². The van der Waals surface area contributed by atoms with Crippen molar-refractivity contribution in [2.75, 3.05) is 57.9 Å². The van der Waals surface area contributed by atoms with Crippen LogP contribution in [-0.4, -0.2) is 86.9 Å². The van der Waals surface area contributed by atoms with E-state index in [0.29, 0.717) is 63.1 Å². The summed E-state index contributed by atoms with van der Waals surface area (Å²) >= 11 is 0. The topological polar surface area (TPSA) is 96.7 Å². The Morgan fingerprint density at radius 3 is 2.55 bits per heavy atom. The molecule has 4 rings (SSSR count). The Balaban J connectivity index is 1.36. The molecule has 42 heavy (non-hydrogen) atoms. The molecule has 3 aliphatic heterocycles. The number of rotatable bonds is 11. The Labute approximate surface area is 245 Å². The monoisotopic (exact) mass is 594 g/mol. The number of methoxy groups -OCH3 is 1. The van der Waals surface area contributed by atoms with E-state index in [4.69, 9.17) is 14.2 Å². The average molecular weight is 595 g/mol. The quantitative estimate of drug-likeness (QED) is 0.269. The van der Waals surface area contributed by atoms with Crippen molar-refractivity contribution < 1.29 is 37.3 Å². The van der Waals surface area contributed by atoms with Gasteiger partial charge in [-0.2, -0.15) is 13.2 Å². The fourth-order valence-corrected chi connectivity index (χ4v) is 6.13. The molecule has 1 aromatic rings. The molecule has 3 aliphatic rings. The maximum absolute atomic E-state index is 12.9. The molecule has 1 N–H and O–H groups in total. The first kappa shape index (κ1) is 31.7. The summed E-state index contributed by atoms with van der Waals surface area (Å²) in [5.74, 6) is 0.953. The summed E-state index contributed by atoms with van der Waals surface area (Å²) in [5.41, 5.74) is 2.88. The van der Waals surface area contributed by atoms with Gasteiger partial charge in [0.2, 0.25) is 11.8 Å². The number of alkyl halides is 3. The number of allylic oxidation sites excluding steroid dienone is 3. The maximum Gasteiger partial charge on any atom is 0.401 e. The Hall–Kier alpha value is -3.28. The van der Waals surface area contributed by atoms with Crippen molar-refractivity contribution >= 4 is 18.4 Å². The second kappa shape index (κ2) is 14.3. The minimum absolute atomic E-state index is 0.0177. The van der Waals surface area contributed by atoms with E-state index in [0.717, 1.165) is 42.8 Å². The average Bonchev–Trinajstić information content (AvgIpc) is 2.96. The molecule has 0 aliphatic carbocycles. The van der Waals surface area contributed by atoms with E-state index in [9.17, 15) is 23.1 Å². The van der Waals surface area contributed by atoms with Crippen LogP contribution >= 0.6 is 0 Å². The van der Waals surface area contributed by atoms with Gasteiger partial charge in [-0.25, -0.2) is 9.98 Å². The van der Waals surface area contributed by atoms with Crippen molar-refractivity contribution in [3.63, 3.8) is 0 Å². The summed E-state index contributed by atoms with van der Waals surface area (Å²) < 4.78 is 55.7. The van der Waals surface area contributed by atoms with E-state index in [-0.39, 0.29) is 24.2 Å². The predicted molar refractivity (Wildman–Crippen MR) is 153 cm³/mol. The summed E-state index contributed by atoms with van der Waals surface area (Å²) in [6.45, 7) is 7.93. The molecule has 0 aromatic carbocycles. The highest BCUT2D eigenvalue weighted by atomic mass is 19.4. The normalized spacial score (nSPS) is 21.7. The van der Waals surface area contributed by atoms with Crippen LogP contribution in [0.4, 0.5) is 18.9 Å². The van der Waals surface area contributed by atoms with Gasteiger partial charge in [-0.05, 0) is 81.8 Å². The summed E-state index contributed by atoms with van der Waals surface area (Å²) in [5, 5.41) is 9.30. The van der Waals surface area contributed by atoms with Gasteiger partial charge in [0.25, 0.3) is 0 Å². The van der Waals surface area contributed by atoms with Gasteiger partial charge in [0.15, 0.2) is 0 Å². The fourth-order valence-electron chi connectivity index (χ4n) is 6.13. The first-order valence-electron chi connectivity index (χ1n) is 14.5. The minimum Gasteiger partial charge on any atom is -0.498 e. The third-order valence-corrected chi connectivity index (χ3v) is 8.44. The molecule has 1 unspecified atom stereocenters. The molecule has 4 heterocycles. The first-order chi connectivity index (χ1) is 20.1. The van der Waals surface area contributed by atoms with Crippen molar-refractivity contribution in [2.45, 2.75) is 57.5 Å². The number of hydrogen-bond donors (Lipinski definition) is 1. The highest BCUT2D eigenvalue weighted by Crippen LogP contribution is 2.38. The molecule has 9 nitrogen and oxygen atoms in total. The molecule has 0 radical (unpaired) electrons. The Morgan fingerprint density at radius 1 is 1.21 bits per heavy atom. The second-order valence-electron chi connectivity index (χ2n) is 11.3. The van der Waals surface area contributed by atoms with E-state index >= 15 is 0 Å². The Morgan fingerprint density at radius 2 is 1.93 bits per heavy atom. The van der Waals surface area contributed by atoms with Crippen LogP contribution in [0.5, 0.6) is 5.88 Å². The molecule has 0 saturated carbocycles. The highest BCUT2D eigenvalue weighted by Gasteiger charge is 2.34. The lowest BCUT2D eigenvalue weighted by molar-refractivity contribution is -0.148. The van der Waals surface area contributed by atoms with Crippen molar-refractivity contribution in [2.24, 2.45) is 16.8 Å². The molecule has 0 bridgehead atoms. The number of carboxylic acids is 1. The number of aliphatic imine (C=N–C) groups is 1. The second-order valence-corrected chi connectivity index (χ2v) is 11.3. The summed E-state index contributed by atoms with van der Waals surface area (Å²) in [6.07, 6.45) is 3.09. The number of pyridine rings is 1. The Kier molecular flexibility index (Phi) is 10.7. The highest BCUT2D eigenvalue weighted by molar-refractivity contribution is 5.68. The van der Waals surface area contributed by atoms with Gasteiger partial charge in [-0.15, -0.1) is 0 Å². The summed E-state index contributed by atoms with van der Waals surface area (Å²) in [7, 11) is 1.57. The van der Waals surface area contributed by atoms with Crippen LogP contribution in [0, 0.1) is 11.8 Å². The van der Waals surface area contributed by atoms with E-state index in [1.165, 1.54) is 4.90 Å². The van der Waals surface area contributed by atoms with E-state index < -0.39 is 18.7 Å². The number of halogens is 3. The molecule has 2 fully saturated rings. The number of aromatic nitrogens is 1. The van der Waals surface area contributed by atoms with Crippen LogP contribution in [-0.2, 0) is 14.3 Å². The number of hydrogen-bond acceptors (Lipinski definition) is 8. The smallest absolute Gasteiger partial charge is 0.401 e. The van der Waals surface area contributed by atoms with Gasteiger partial charge in [0.1, 0.15) is 0 Å². The van der Waals surface area contributed by atoms with Gasteiger partial charge < -0.3 is 24.2 Å². The number of nitrogens with zero attached hydrogens (tertiary/aromatic N) is 4. The number of aliphatic carboxylic acids is 1. The largest absolute Gasteiger partial charge is 0.498 e. The van der Waals surface area contributed by atoms with Crippen molar-refractivity contribution in [1.29, 1.82) is 0 Å². The number of piperidine rings is 2. The van der Waals surface area contributed by atoms with Crippen molar-refractivity contribution in [1.82, 2.24) is 9.88 Å². The van der Waals surface area contributed by atoms with Gasteiger partial charge in [-0.3, -0.25) is 9.69 Å². The molecule has 12 heteroatoms. The zero-order valence-corrected chi connectivity index (χ0v) is 24.4. The van der Waals surface area contributed by atoms with E-state index in [1.54, 1.807) is 13.2 Å². The van der Waals surface area contributed by atoms with Crippen LogP contribution in [0.3, 0.4) is 0 Å². The number of anilines is 1. The van der Waals surface area contributed by atoms with E-state index in [1.807, 2.05) is 19.2 Å². The lowest BCUT2D eigenvalue weighted by Crippen LogP contribution is -2.40. The number of likely N-dealkylation sites (tertiary alicyclic amines) is 1. The lowest BCUT2D eigenvalue weighted by atomic mass is 9.88. The molecule has 0 amide bonds. The van der Waals surface area contributed by atoms with Gasteiger partial charge in [0, 0.05) is 43.0 Å². The minimum atomic E-state index is -4.19. The van der Waals surface area contributed by atoms with Crippen LogP contribution in [0.25, 0.3) is 0 Å². The number of ether oxygens (including phenoxy) is 3. The fraction of sp³-hybridized carbons (Fsp3) is 0.633. The lowest BCUT2D eigenvalue weighted by Gasteiger charge is -2.37. The van der Waals surface area contributed by atoms with Gasteiger partial charge in [0.05, 0.1) is 39.0 Å². The van der Waals surface area contributed by atoms with Gasteiger partial charge >= 0.3 is 12.1 Å². The molecule has 0 spiro atoms. The maximum atomic E-state index is 12.9. The third kappa shape index (κ3) is 8.62. The summed E-state index contributed by atoms with van der Waals surface area (Å²) in [4.78, 5) is 23.6. The molecule has 232 valence electrons. The SMILES string of the molecule is C=N/C(=C\C1=C(C)OCCC1CC(=O)O)OCC1CCN(c2cc(OC)ncc2C2CCN(CC(F)(F)F)CC2)CC1. The zero-order valence-electron chi connectivity index (χ0n) is 24.4. The molecule has 2 saturated heterocycles.